The van der Waals surface area contributed by atoms with Crippen LogP contribution in [0.3, 0.4) is 0 Å². The van der Waals surface area contributed by atoms with Gasteiger partial charge in [0, 0.05) is 19.6 Å². The van der Waals surface area contributed by atoms with Gasteiger partial charge >= 0.3 is 12.4 Å². The van der Waals surface area contributed by atoms with Crippen LogP contribution >= 0.6 is 0 Å². The maximum Gasteiger partial charge on any atom is 0.434 e. The van der Waals surface area contributed by atoms with E-state index in [1.54, 1.807) is 0 Å². The Kier molecular flexibility index (Phi) is 7.40. The fourth-order valence-electron chi connectivity index (χ4n) is 3.70. The quantitative estimate of drug-likeness (QED) is 0.497. The van der Waals surface area contributed by atoms with Crippen LogP contribution in [0.2, 0.25) is 0 Å². The van der Waals surface area contributed by atoms with Crippen molar-refractivity contribution in [1.82, 2.24) is 10.6 Å². The van der Waals surface area contributed by atoms with Gasteiger partial charge in [-0.3, -0.25) is 10.1 Å². The van der Waals surface area contributed by atoms with E-state index in [4.69, 9.17) is 4.74 Å². The number of hydrogen-bond donors (Lipinski definition) is 2. The molecule has 1 saturated carbocycles. The van der Waals surface area contributed by atoms with Crippen LogP contribution in [0.25, 0.3) is 0 Å². The van der Waals surface area contributed by atoms with E-state index < -0.39 is 36.6 Å². The van der Waals surface area contributed by atoms with Gasteiger partial charge in [0.1, 0.15) is 0 Å². The minimum atomic E-state index is -5.75. The third-order valence-electron chi connectivity index (χ3n) is 5.30. The predicted molar refractivity (Wildman–Crippen MR) is 85.8 cm³/mol. The third kappa shape index (κ3) is 5.73. The standard InChI is InChI=1S/C17H26F6N2O2/c18-16(19,20)15(17(21,22)23,24-11-13-7-4-10-27-13)25-14(26)9-8-12-5-2-1-3-6-12/h12-13,24H,1-11H2,(H,25,26). The largest absolute Gasteiger partial charge is 0.434 e. The van der Waals surface area contributed by atoms with Gasteiger partial charge in [-0.15, -0.1) is 0 Å². The minimum Gasteiger partial charge on any atom is -0.377 e. The molecular formula is C17H26F6N2O2. The number of hydrogen-bond acceptors (Lipinski definition) is 3. The number of carbonyl (C=O) groups is 1. The lowest BCUT2D eigenvalue weighted by atomic mass is 9.86. The first-order valence-electron chi connectivity index (χ1n) is 9.36. The first-order valence-corrected chi connectivity index (χ1v) is 9.36. The van der Waals surface area contributed by atoms with Crippen molar-refractivity contribution in [2.24, 2.45) is 5.92 Å². The molecule has 1 heterocycles. The summed E-state index contributed by atoms with van der Waals surface area (Å²) in [7, 11) is 0. The van der Waals surface area contributed by atoms with Gasteiger partial charge in [-0.1, -0.05) is 32.1 Å². The van der Waals surface area contributed by atoms with E-state index in [2.05, 4.69) is 0 Å². The summed E-state index contributed by atoms with van der Waals surface area (Å²) in [5.41, 5.74) is -4.48. The number of halogens is 6. The maximum atomic E-state index is 13.5. The molecule has 158 valence electrons. The van der Waals surface area contributed by atoms with Gasteiger partial charge in [0.2, 0.25) is 5.91 Å². The molecule has 4 nitrogen and oxygen atoms in total. The molecule has 10 heteroatoms. The Hall–Kier alpha value is -1.03. The fourth-order valence-corrected chi connectivity index (χ4v) is 3.70. The molecule has 2 fully saturated rings. The van der Waals surface area contributed by atoms with Gasteiger partial charge in [-0.05, 0) is 25.2 Å². The molecule has 0 aromatic heterocycles. The highest BCUT2D eigenvalue weighted by atomic mass is 19.4. The first kappa shape index (κ1) is 22.3. The molecular weight excluding hydrogens is 378 g/mol. The lowest BCUT2D eigenvalue weighted by molar-refractivity contribution is -0.316. The Labute approximate surface area is 154 Å². The van der Waals surface area contributed by atoms with Crippen molar-refractivity contribution in [3.63, 3.8) is 0 Å². The first-order chi connectivity index (χ1) is 12.6. The number of nitrogens with one attached hydrogen (secondary N) is 2. The zero-order chi connectivity index (χ0) is 20.1. The molecule has 2 N–H and O–H groups in total. The molecule has 0 aromatic rings. The van der Waals surface area contributed by atoms with E-state index in [-0.39, 0.29) is 12.3 Å². The van der Waals surface area contributed by atoms with Crippen LogP contribution in [-0.4, -0.2) is 43.2 Å². The van der Waals surface area contributed by atoms with Gasteiger partial charge in [-0.25, -0.2) is 0 Å². The summed E-state index contributed by atoms with van der Waals surface area (Å²) in [5.74, 6) is -1.08. The Morgan fingerprint density at radius 1 is 0.926 bits per heavy atom. The van der Waals surface area contributed by atoms with Gasteiger partial charge < -0.3 is 10.1 Å². The number of rotatable bonds is 7. The highest BCUT2D eigenvalue weighted by Gasteiger charge is 2.72. The average molecular weight is 404 g/mol. The van der Waals surface area contributed by atoms with E-state index in [0.29, 0.717) is 25.9 Å². The number of alkyl halides is 6. The van der Waals surface area contributed by atoms with E-state index in [0.717, 1.165) is 32.1 Å². The smallest absolute Gasteiger partial charge is 0.377 e. The second-order valence-corrected chi connectivity index (χ2v) is 7.35. The second kappa shape index (κ2) is 8.98. The van der Waals surface area contributed by atoms with Crippen LogP contribution in [0.5, 0.6) is 0 Å². The average Bonchev–Trinajstić information content (AvgIpc) is 3.09. The molecule has 1 unspecified atom stereocenters. The van der Waals surface area contributed by atoms with Gasteiger partial charge in [0.15, 0.2) is 0 Å². The van der Waals surface area contributed by atoms with Crippen molar-refractivity contribution in [3.05, 3.63) is 0 Å². The lowest BCUT2D eigenvalue weighted by Crippen LogP contribution is -2.76. The van der Waals surface area contributed by atoms with Crippen molar-refractivity contribution in [2.45, 2.75) is 81.9 Å². The summed E-state index contributed by atoms with van der Waals surface area (Å²) in [5, 5.41) is 2.74. The van der Waals surface area contributed by atoms with Gasteiger partial charge in [-0.2, -0.15) is 26.3 Å². The van der Waals surface area contributed by atoms with Crippen molar-refractivity contribution in [1.29, 1.82) is 0 Å². The normalized spacial score (nSPS) is 22.8. The van der Waals surface area contributed by atoms with E-state index in [1.165, 1.54) is 10.6 Å². The molecule has 1 saturated heterocycles. The van der Waals surface area contributed by atoms with Crippen LogP contribution in [-0.2, 0) is 9.53 Å². The summed E-state index contributed by atoms with van der Waals surface area (Å²) in [6, 6.07) is 0. The van der Waals surface area contributed by atoms with Crippen LogP contribution in [0.15, 0.2) is 0 Å². The lowest BCUT2D eigenvalue weighted by Gasteiger charge is -2.39. The molecule has 27 heavy (non-hydrogen) atoms. The van der Waals surface area contributed by atoms with Crippen molar-refractivity contribution in [2.75, 3.05) is 13.2 Å². The molecule has 1 aliphatic carbocycles. The van der Waals surface area contributed by atoms with Crippen molar-refractivity contribution >= 4 is 5.91 Å². The highest BCUT2D eigenvalue weighted by molar-refractivity contribution is 5.77. The minimum absolute atomic E-state index is 0.176. The third-order valence-corrected chi connectivity index (χ3v) is 5.30. The molecule has 1 amide bonds. The second-order valence-electron chi connectivity index (χ2n) is 7.35. The number of ether oxygens (including phenoxy) is 1. The summed E-state index contributed by atoms with van der Waals surface area (Å²) < 4.78 is 85.9. The van der Waals surface area contributed by atoms with Crippen LogP contribution in [0, 0.1) is 5.92 Å². The molecule has 2 rings (SSSR count). The molecule has 0 aromatic carbocycles. The Balaban J connectivity index is 2.05. The van der Waals surface area contributed by atoms with Crippen molar-refractivity contribution in [3.8, 4) is 0 Å². The number of carbonyl (C=O) groups excluding carboxylic acids is 1. The predicted octanol–water partition coefficient (Wildman–Crippen LogP) is 4.05. The number of amides is 1. The molecule has 1 atom stereocenters. The topological polar surface area (TPSA) is 50.4 Å². The fraction of sp³-hybridized carbons (Fsp3) is 0.941. The zero-order valence-corrected chi connectivity index (χ0v) is 15.0. The monoisotopic (exact) mass is 404 g/mol. The Bertz CT molecular complexity index is 469. The maximum absolute atomic E-state index is 13.5. The molecule has 0 bridgehead atoms. The molecule has 2 aliphatic rings. The molecule has 0 radical (unpaired) electrons. The Morgan fingerprint density at radius 2 is 1.56 bits per heavy atom. The summed E-state index contributed by atoms with van der Waals surface area (Å²) in [6.45, 7) is -0.354. The molecule has 1 aliphatic heterocycles. The van der Waals surface area contributed by atoms with Crippen LogP contribution in [0.1, 0.15) is 57.8 Å². The molecule has 0 spiro atoms. The van der Waals surface area contributed by atoms with E-state index >= 15 is 0 Å². The van der Waals surface area contributed by atoms with Crippen LogP contribution < -0.4 is 10.6 Å². The Morgan fingerprint density at radius 3 is 2.07 bits per heavy atom. The highest BCUT2D eigenvalue weighted by Crippen LogP contribution is 2.41. The van der Waals surface area contributed by atoms with E-state index in [1.807, 2.05) is 0 Å². The zero-order valence-electron chi connectivity index (χ0n) is 15.0. The van der Waals surface area contributed by atoms with Gasteiger partial charge in [0.25, 0.3) is 5.66 Å². The summed E-state index contributed by atoms with van der Waals surface area (Å²) in [6.07, 6.45) is -6.62. The van der Waals surface area contributed by atoms with Crippen LogP contribution in [0.4, 0.5) is 26.3 Å². The summed E-state index contributed by atoms with van der Waals surface area (Å²) >= 11 is 0. The summed E-state index contributed by atoms with van der Waals surface area (Å²) in [4.78, 5) is 12.0. The van der Waals surface area contributed by atoms with E-state index in [9.17, 15) is 31.1 Å². The van der Waals surface area contributed by atoms with Gasteiger partial charge in [0.05, 0.1) is 6.10 Å². The SMILES string of the molecule is O=C(CCC1CCCCC1)NC(NCC1CCCO1)(C(F)(F)F)C(F)(F)F. The van der Waals surface area contributed by atoms with Crippen molar-refractivity contribution < 1.29 is 35.9 Å².